The molecule has 1 aliphatic rings. The zero-order chi connectivity index (χ0) is 11.2. The molecule has 1 aromatic rings. The van der Waals surface area contributed by atoms with Crippen molar-refractivity contribution in [1.29, 1.82) is 0 Å². The fraction of sp³-hybridized carbons (Fsp3) is 0.556. The van der Waals surface area contributed by atoms with E-state index in [1.165, 1.54) is 7.05 Å². The smallest absolute Gasteiger partial charge is 0.329 e. The first-order valence-corrected chi connectivity index (χ1v) is 4.87. The molecule has 0 radical (unpaired) electrons. The highest BCUT2D eigenvalue weighted by atomic mass is 16.2. The van der Waals surface area contributed by atoms with Crippen LogP contribution in [0.2, 0.25) is 0 Å². The van der Waals surface area contributed by atoms with E-state index >= 15 is 0 Å². The molecule has 82 valence electrons. The Morgan fingerprint density at radius 3 is 2.40 bits per heavy atom. The summed E-state index contributed by atoms with van der Waals surface area (Å²) in [5.41, 5.74) is -0.280. The molecule has 2 atom stereocenters. The van der Waals surface area contributed by atoms with E-state index in [-0.39, 0.29) is 17.6 Å². The highest BCUT2D eigenvalue weighted by molar-refractivity contribution is 5.66. The van der Waals surface area contributed by atoms with Crippen molar-refractivity contribution in [2.45, 2.75) is 25.9 Å². The minimum atomic E-state index is -0.408. The first-order chi connectivity index (χ1) is 7.00. The quantitative estimate of drug-likeness (QED) is 0.548. The summed E-state index contributed by atoms with van der Waals surface area (Å²) in [5.74, 6) is 0.480. The van der Waals surface area contributed by atoms with Gasteiger partial charge < -0.3 is 10.6 Å². The van der Waals surface area contributed by atoms with E-state index in [1.54, 1.807) is 0 Å². The highest BCUT2D eigenvalue weighted by Gasteiger charge is 2.24. The third-order valence-electron chi connectivity index (χ3n) is 2.80. The summed E-state index contributed by atoms with van der Waals surface area (Å²) in [5, 5.41) is 6.17. The topological polar surface area (TPSA) is 78.9 Å². The van der Waals surface area contributed by atoms with E-state index in [1.807, 2.05) is 13.8 Å². The molecule has 6 nitrogen and oxygen atoms in total. The molecule has 6 heteroatoms. The predicted molar refractivity (Wildman–Crippen MR) is 58.5 cm³/mol. The molecule has 0 aliphatic carbocycles. The number of rotatable bonds is 0. The Morgan fingerprint density at radius 1 is 1.13 bits per heavy atom. The SMILES string of the molecule is CC1Nc2[nH]c(=O)n(C)c(=O)c2NC1C. The van der Waals surface area contributed by atoms with Crippen LogP contribution in [0, 0.1) is 0 Å². The molecule has 0 fully saturated rings. The van der Waals surface area contributed by atoms with Crippen LogP contribution in [0.15, 0.2) is 9.59 Å². The van der Waals surface area contributed by atoms with E-state index in [4.69, 9.17) is 0 Å². The maximum atomic E-state index is 11.7. The zero-order valence-electron chi connectivity index (χ0n) is 8.92. The fourth-order valence-electron chi connectivity index (χ4n) is 1.57. The average Bonchev–Trinajstić information content (AvgIpc) is 2.19. The van der Waals surface area contributed by atoms with Crippen molar-refractivity contribution in [3.8, 4) is 0 Å². The molecule has 0 saturated carbocycles. The van der Waals surface area contributed by atoms with Crippen LogP contribution in [0.25, 0.3) is 0 Å². The molecule has 0 saturated heterocycles. The van der Waals surface area contributed by atoms with Crippen LogP contribution in [0.4, 0.5) is 11.5 Å². The molecular weight excluding hydrogens is 196 g/mol. The number of hydrogen-bond donors (Lipinski definition) is 3. The molecule has 3 N–H and O–H groups in total. The number of anilines is 2. The number of fused-ring (bicyclic) bond motifs is 1. The highest BCUT2D eigenvalue weighted by Crippen LogP contribution is 2.20. The third-order valence-corrected chi connectivity index (χ3v) is 2.80. The Labute approximate surface area is 86.3 Å². The predicted octanol–water partition coefficient (Wildman–Crippen LogP) is -0.312. The molecular formula is C9H14N4O2. The maximum Gasteiger partial charge on any atom is 0.329 e. The second-order valence-corrected chi connectivity index (χ2v) is 3.91. The Morgan fingerprint density at radius 2 is 1.73 bits per heavy atom. The van der Waals surface area contributed by atoms with Gasteiger partial charge in [0.25, 0.3) is 5.56 Å². The van der Waals surface area contributed by atoms with Crippen LogP contribution in [0.3, 0.4) is 0 Å². The summed E-state index contributed by atoms with van der Waals surface area (Å²) < 4.78 is 1.05. The minimum absolute atomic E-state index is 0.149. The first-order valence-electron chi connectivity index (χ1n) is 4.87. The van der Waals surface area contributed by atoms with Gasteiger partial charge in [0.2, 0.25) is 0 Å². The van der Waals surface area contributed by atoms with Crippen LogP contribution in [-0.4, -0.2) is 21.6 Å². The molecule has 15 heavy (non-hydrogen) atoms. The summed E-state index contributed by atoms with van der Waals surface area (Å²) in [6.45, 7) is 3.96. The van der Waals surface area contributed by atoms with Crippen molar-refractivity contribution in [2.75, 3.05) is 10.6 Å². The monoisotopic (exact) mass is 210 g/mol. The molecule has 2 unspecified atom stereocenters. The summed E-state index contributed by atoms with van der Waals surface area (Å²) >= 11 is 0. The average molecular weight is 210 g/mol. The number of aromatic amines is 1. The van der Waals surface area contributed by atoms with Gasteiger partial charge in [0.15, 0.2) is 0 Å². The second-order valence-electron chi connectivity index (χ2n) is 3.91. The van der Waals surface area contributed by atoms with Crippen molar-refractivity contribution in [2.24, 2.45) is 7.05 Å². The van der Waals surface area contributed by atoms with Gasteiger partial charge in [-0.25, -0.2) is 4.79 Å². The van der Waals surface area contributed by atoms with Gasteiger partial charge in [0, 0.05) is 19.1 Å². The molecule has 0 amide bonds. The lowest BCUT2D eigenvalue weighted by atomic mass is 10.1. The minimum Gasteiger partial charge on any atom is -0.373 e. The standard InChI is InChI=1S/C9H14N4O2/c1-4-5(2)11-7-6(10-4)8(14)13(3)9(15)12-7/h4-5,10-11H,1-3H3,(H,12,15). The van der Waals surface area contributed by atoms with Gasteiger partial charge in [-0.15, -0.1) is 0 Å². The molecule has 2 heterocycles. The third kappa shape index (κ3) is 1.42. The Hall–Kier alpha value is -1.72. The van der Waals surface area contributed by atoms with Crippen molar-refractivity contribution >= 4 is 11.5 Å². The lowest BCUT2D eigenvalue weighted by Gasteiger charge is -2.30. The van der Waals surface area contributed by atoms with E-state index in [0.29, 0.717) is 11.5 Å². The Bertz CT molecular complexity index is 502. The van der Waals surface area contributed by atoms with Crippen molar-refractivity contribution in [1.82, 2.24) is 9.55 Å². The van der Waals surface area contributed by atoms with Gasteiger partial charge in [-0.3, -0.25) is 14.3 Å². The summed E-state index contributed by atoms with van der Waals surface area (Å²) in [6.07, 6.45) is 0. The molecule has 0 bridgehead atoms. The van der Waals surface area contributed by atoms with E-state index in [2.05, 4.69) is 15.6 Å². The van der Waals surface area contributed by atoms with Gasteiger partial charge in [0.05, 0.1) is 0 Å². The van der Waals surface area contributed by atoms with Crippen LogP contribution in [-0.2, 0) is 7.05 Å². The van der Waals surface area contributed by atoms with Crippen molar-refractivity contribution in [3.63, 3.8) is 0 Å². The normalized spacial score (nSPS) is 23.9. The summed E-state index contributed by atoms with van der Waals surface area (Å²) in [4.78, 5) is 25.7. The van der Waals surface area contributed by atoms with Crippen LogP contribution >= 0.6 is 0 Å². The number of nitrogens with zero attached hydrogens (tertiary/aromatic N) is 1. The lowest BCUT2D eigenvalue weighted by molar-refractivity contribution is 0.645. The zero-order valence-corrected chi connectivity index (χ0v) is 8.92. The van der Waals surface area contributed by atoms with E-state index in [9.17, 15) is 9.59 Å². The van der Waals surface area contributed by atoms with Crippen LogP contribution in [0.5, 0.6) is 0 Å². The van der Waals surface area contributed by atoms with Gasteiger partial charge in [-0.1, -0.05) is 0 Å². The largest absolute Gasteiger partial charge is 0.373 e. The fourth-order valence-corrected chi connectivity index (χ4v) is 1.57. The summed E-state index contributed by atoms with van der Waals surface area (Å²) in [6, 6.07) is 0.316. The van der Waals surface area contributed by atoms with Crippen LogP contribution in [0.1, 0.15) is 13.8 Å². The van der Waals surface area contributed by atoms with Crippen molar-refractivity contribution < 1.29 is 0 Å². The molecule has 0 spiro atoms. The van der Waals surface area contributed by atoms with E-state index in [0.717, 1.165) is 4.57 Å². The Balaban J connectivity index is 2.64. The number of H-pyrrole nitrogens is 1. The summed E-state index contributed by atoms with van der Waals surface area (Å²) in [7, 11) is 1.45. The molecule has 1 aromatic heterocycles. The molecule has 1 aliphatic heterocycles. The van der Waals surface area contributed by atoms with Crippen LogP contribution < -0.4 is 21.9 Å². The van der Waals surface area contributed by atoms with Gasteiger partial charge >= 0.3 is 5.69 Å². The van der Waals surface area contributed by atoms with E-state index < -0.39 is 5.69 Å². The number of nitrogens with one attached hydrogen (secondary N) is 3. The second kappa shape index (κ2) is 3.15. The molecule has 2 rings (SSSR count). The first kappa shape index (κ1) is 9.82. The van der Waals surface area contributed by atoms with Gasteiger partial charge in [-0.05, 0) is 13.8 Å². The number of hydrogen-bond acceptors (Lipinski definition) is 4. The van der Waals surface area contributed by atoms with Gasteiger partial charge in [-0.2, -0.15) is 0 Å². The lowest BCUT2D eigenvalue weighted by Crippen LogP contribution is -2.45. The maximum absolute atomic E-state index is 11.7. The molecule has 0 aromatic carbocycles. The van der Waals surface area contributed by atoms with Gasteiger partial charge in [0.1, 0.15) is 11.5 Å². The van der Waals surface area contributed by atoms with Crippen molar-refractivity contribution in [3.05, 3.63) is 20.8 Å². The Kier molecular flexibility index (Phi) is 2.06. The number of aromatic nitrogens is 2.